The Kier molecular flexibility index (Phi) is 2.46. The van der Waals surface area contributed by atoms with Gasteiger partial charge in [0.1, 0.15) is 0 Å². The Balaban J connectivity index is 2.99. The van der Waals surface area contributed by atoms with Crippen LogP contribution in [0.5, 0.6) is 0 Å². The van der Waals surface area contributed by atoms with Crippen LogP contribution < -0.4 is 0 Å². The van der Waals surface area contributed by atoms with E-state index in [1.54, 1.807) is 0 Å². The molecular weight excluding hydrogens is 202 g/mol. The molecule has 16 heavy (non-hydrogen) atoms. The number of hydrogen-bond donors (Lipinski definition) is 1. The van der Waals surface area contributed by atoms with Gasteiger partial charge in [0.2, 0.25) is 0 Å². The maximum absolute atomic E-state index is 11.3. The Labute approximate surface area is 94.3 Å². The number of carboxylic acids is 1. The van der Waals surface area contributed by atoms with E-state index in [-0.39, 0.29) is 0 Å². The fraction of sp³-hybridized carbons (Fsp3) is 0.308. The van der Waals surface area contributed by atoms with E-state index in [1.807, 2.05) is 43.7 Å². The van der Waals surface area contributed by atoms with Crippen LogP contribution in [0.3, 0.4) is 0 Å². The predicted octanol–water partition coefficient (Wildman–Crippen LogP) is 2.75. The van der Waals surface area contributed by atoms with Gasteiger partial charge in [-0.15, -0.1) is 0 Å². The van der Waals surface area contributed by atoms with E-state index in [2.05, 4.69) is 0 Å². The Bertz CT molecular complexity index is 567. The first-order valence-corrected chi connectivity index (χ1v) is 5.38. The zero-order chi connectivity index (χ0) is 11.9. The summed E-state index contributed by atoms with van der Waals surface area (Å²) in [4.78, 5) is 11.3. The lowest BCUT2D eigenvalue weighted by Crippen LogP contribution is -2.03. The molecule has 3 nitrogen and oxygen atoms in total. The number of carbonyl (C=O) groups is 1. The molecule has 0 radical (unpaired) electrons. The number of carboxylic acid groups (broad SMARTS) is 1. The van der Waals surface area contributed by atoms with Crippen LogP contribution in [0.4, 0.5) is 0 Å². The molecule has 1 aromatic carbocycles. The molecule has 1 N–H and O–H groups in total. The minimum atomic E-state index is -0.836. The van der Waals surface area contributed by atoms with Crippen molar-refractivity contribution in [3.63, 3.8) is 0 Å². The number of aromatic nitrogens is 1. The topological polar surface area (TPSA) is 42.2 Å². The quantitative estimate of drug-likeness (QED) is 0.840. The fourth-order valence-electron chi connectivity index (χ4n) is 2.36. The molecule has 0 fully saturated rings. The highest BCUT2D eigenvalue weighted by Gasteiger charge is 2.20. The lowest BCUT2D eigenvalue weighted by molar-refractivity contribution is 0.0697. The molecule has 3 heteroatoms. The van der Waals surface area contributed by atoms with Crippen LogP contribution in [0.25, 0.3) is 10.9 Å². The zero-order valence-corrected chi connectivity index (χ0v) is 9.74. The minimum Gasteiger partial charge on any atom is -0.478 e. The third-order valence-electron chi connectivity index (χ3n) is 3.10. The molecule has 1 heterocycles. The predicted molar refractivity (Wildman–Crippen MR) is 64.0 cm³/mol. The number of aryl methyl sites for hydroxylation is 2. The maximum Gasteiger partial charge on any atom is 0.338 e. The largest absolute Gasteiger partial charge is 0.478 e. The maximum atomic E-state index is 11.3. The number of rotatable bonds is 2. The lowest BCUT2D eigenvalue weighted by Gasteiger charge is -2.01. The third kappa shape index (κ3) is 1.32. The monoisotopic (exact) mass is 217 g/mol. The summed E-state index contributed by atoms with van der Waals surface area (Å²) < 4.78 is 1.98. The smallest absolute Gasteiger partial charge is 0.338 e. The van der Waals surface area contributed by atoms with Crippen LogP contribution >= 0.6 is 0 Å². The molecule has 0 aliphatic carbocycles. The van der Waals surface area contributed by atoms with E-state index in [0.29, 0.717) is 5.56 Å². The van der Waals surface area contributed by atoms with E-state index >= 15 is 0 Å². The third-order valence-corrected chi connectivity index (χ3v) is 3.10. The Morgan fingerprint density at radius 3 is 2.69 bits per heavy atom. The van der Waals surface area contributed by atoms with Gasteiger partial charge in [0.15, 0.2) is 0 Å². The second-order valence-corrected chi connectivity index (χ2v) is 4.01. The van der Waals surface area contributed by atoms with Gasteiger partial charge in [-0.2, -0.15) is 0 Å². The van der Waals surface area contributed by atoms with Crippen LogP contribution in [-0.4, -0.2) is 15.6 Å². The van der Waals surface area contributed by atoms with E-state index in [0.717, 1.165) is 28.6 Å². The summed E-state index contributed by atoms with van der Waals surface area (Å²) in [5.74, 6) is -0.836. The first kappa shape index (κ1) is 10.7. The highest BCUT2D eigenvalue weighted by molar-refractivity contribution is 6.06. The van der Waals surface area contributed by atoms with E-state index in [9.17, 15) is 9.90 Å². The van der Waals surface area contributed by atoms with Crippen molar-refractivity contribution in [1.29, 1.82) is 0 Å². The number of benzene rings is 1. The molecule has 0 saturated carbocycles. The van der Waals surface area contributed by atoms with Crippen molar-refractivity contribution in [2.45, 2.75) is 20.3 Å². The number of nitrogens with zero attached hydrogens (tertiary/aromatic N) is 1. The van der Waals surface area contributed by atoms with Gasteiger partial charge in [-0.25, -0.2) is 4.79 Å². The summed E-state index contributed by atoms with van der Waals surface area (Å²) >= 11 is 0. The molecule has 2 rings (SSSR count). The number of fused-ring (bicyclic) bond motifs is 1. The van der Waals surface area contributed by atoms with Crippen molar-refractivity contribution in [1.82, 2.24) is 4.57 Å². The molecule has 0 amide bonds. The standard InChI is InChI=1S/C13H15NO2/c1-4-9-12(13(15)16)11-8(2)6-5-7-10(11)14(9)3/h5-7H,4H2,1-3H3,(H,15,16). The summed E-state index contributed by atoms with van der Waals surface area (Å²) in [6.07, 6.45) is 0.728. The Morgan fingerprint density at radius 1 is 1.44 bits per heavy atom. The van der Waals surface area contributed by atoms with Gasteiger partial charge in [0, 0.05) is 23.6 Å². The van der Waals surface area contributed by atoms with Gasteiger partial charge in [0.25, 0.3) is 0 Å². The van der Waals surface area contributed by atoms with Crippen LogP contribution in [0.15, 0.2) is 18.2 Å². The second-order valence-electron chi connectivity index (χ2n) is 4.01. The highest BCUT2D eigenvalue weighted by Crippen LogP contribution is 2.28. The molecule has 0 aliphatic rings. The van der Waals surface area contributed by atoms with Crippen LogP contribution in [0.2, 0.25) is 0 Å². The molecule has 1 aromatic heterocycles. The molecular formula is C13H15NO2. The summed E-state index contributed by atoms with van der Waals surface area (Å²) in [5.41, 5.74) is 3.36. The number of hydrogen-bond acceptors (Lipinski definition) is 1. The van der Waals surface area contributed by atoms with Crippen molar-refractivity contribution in [2.24, 2.45) is 7.05 Å². The molecule has 0 aliphatic heterocycles. The van der Waals surface area contributed by atoms with E-state index in [1.165, 1.54) is 0 Å². The van der Waals surface area contributed by atoms with Crippen LogP contribution in [-0.2, 0) is 13.5 Å². The number of aromatic carboxylic acids is 1. The van der Waals surface area contributed by atoms with Gasteiger partial charge >= 0.3 is 5.97 Å². The van der Waals surface area contributed by atoms with Gasteiger partial charge in [0.05, 0.1) is 5.56 Å². The van der Waals surface area contributed by atoms with Crippen molar-refractivity contribution in [3.05, 3.63) is 35.0 Å². The summed E-state index contributed by atoms with van der Waals surface area (Å²) in [6.45, 7) is 3.93. The van der Waals surface area contributed by atoms with Crippen molar-refractivity contribution < 1.29 is 9.90 Å². The molecule has 0 spiro atoms. The molecule has 0 atom stereocenters. The summed E-state index contributed by atoms with van der Waals surface area (Å²) in [7, 11) is 1.92. The highest BCUT2D eigenvalue weighted by atomic mass is 16.4. The fourth-order valence-corrected chi connectivity index (χ4v) is 2.36. The average molecular weight is 217 g/mol. The Hall–Kier alpha value is -1.77. The van der Waals surface area contributed by atoms with Crippen molar-refractivity contribution in [3.8, 4) is 0 Å². The van der Waals surface area contributed by atoms with Crippen LogP contribution in [0.1, 0.15) is 28.5 Å². The molecule has 0 bridgehead atoms. The van der Waals surface area contributed by atoms with Gasteiger partial charge in [-0.05, 0) is 25.0 Å². The lowest BCUT2D eigenvalue weighted by atomic mass is 10.1. The van der Waals surface area contributed by atoms with Crippen LogP contribution in [0, 0.1) is 6.92 Å². The Morgan fingerprint density at radius 2 is 2.12 bits per heavy atom. The normalized spacial score (nSPS) is 10.9. The molecule has 0 saturated heterocycles. The van der Waals surface area contributed by atoms with Gasteiger partial charge in [-0.1, -0.05) is 19.1 Å². The average Bonchev–Trinajstić information content (AvgIpc) is 2.53. The summed E-state index contributed by atoms with van der Waals surface area (Å²) in [6, 6.07) is 5.88. The second kappa shape index (κ2) is 3.67. The SMILES string of the molecule is CCc1c(C(=O)O)c2c(C)cccc2n1C. The molecule has 0 unspecified atom stereocenters. The summed E-state index contributed by atoms with van der Waals surface area (Å²) in [5, 5.41) is 10.2. The van der Waals surface area contributed by atoms with Gasteiger partial charge < -0.3 is 9.67 Å². The first-order valence-electron chi connectivity index (χ1n) is 5.38. The molecule has 2 aromatic rings. The van der Waals surface area contributed by atoms with Crippen molar-refractivity contribution in [2.75, 3.05) is 0 Å². The molecule has 84 valence electrons. The van der Waals surface area contributed by atoms with Gasteiger partial charge in [-0.3, -0.25) is 0 Å². The minimum absolute atomic E-state index is 0.457. The zero-order valence-electron chi connectivity index (χ0n) is 9.74. The van der Waals surface area contributed by atoms with E-state index in [4.69, 9.17) is 0 Å². The van der Waals surface area contributed by atoms with E-state index < -0.39 is 5.97 Å². The van der Waals surface area contributed by atoms with Crippen molar-refractivity contribution >= 4 is 16.9 Å². The first-order chi connectivity index (χ1) is 7.57.